The van der Waals surface area contributed by atoms with Crippen LogP contribution < -0.4 is 15.8 Å². The third-order valence-corrected chi connectivity index (χ3v) is 3.20. The maximum absolute atomic E-state index is 6.12. The standard InChI is InChI=1S/C15H16N6O/c1-22-12-5-3-11(4-6-12)9-17-14-13(16)15(19-10-18-14)21-8-2-7-20-21/h2-8,10H,9,16H2,1H3,(H,17,18,19). The van der Waals surface area contributed by atoms with Crippen LogP contribution in [0.4, 0.5) is 11.5 Å². The number of nitrogens with two attached hydrogens (primary N) is 1. The van der Waals surface area contributed by atoms with Gasteiger partial charge in [-0.3, -0.25) is 0 Å². The van der Waals surface area contributed by atoms with Crippen molar-refractivity contribution in [1.29, 1.82) is 0 Å². The van der Waals surface area contributed by atoms with Crippen molar-refractivity contribution in [3.8, 4) is 11.6 Å². The van der Waals surface area contributed by atoms with Gasteiger partial charge < -0.3 is 15.8 Å². The summed E-state index contributed by atoms with van der Waals surface area (Å²) in [7, 11) is 1.64. The van der Waals surface area contributed by atoms with Crippen LogP contribution in [0.5, 0.6) is 5.75 Å². The average Bonchev–Trinajstić information content (AvgIpc) is 3.08. The summed E-state index contributed by atoms with van der Waals surface area (Å²) in [5.74, 6) is 1.96. The quantitative estimate of drug-likeness (QED) is 0.747. The van der Waals surface area contributed by atoms with E-state index in [0.717, 1.165) is 11.3 Å². The number of ether oxygens (including phenoxy) is 1. The van der Waals surface area contributed by atoms with Crippen LogP contribution in [0.1, 0.15) is 5.56 Å². The Morgan fingerprint density at radius 3 is 2.73 bits per heavy atom. The lowest BCUT2D eigenvalue weighted by atomic mass is 10.2. The summed E-state index contributed by atoms with van der Waals surface area (Å²) in [5, 5.41) is 7.34. The molecule has 0 radical (unpaired) electrons. The molecule has 0 saturated carbocycles. The maximum Gasteiger partial charge on any atom is 0.181 e. The van der Waals surface area contributed by atoms with Crippen LogP contribution in [-0.2, 0) is 6.54 Å². The highest BCUT2D eigenvalue weighted by Crippen LogP contribution is 2.21. The van der Waals surface area contributed by atoms with Gasteiger partial charge in [0, 0.05) is 18.9 Å². The molecule has 0 unspecified atom stereocenters. The Morgan fingerprint density at radius 1 is 1.23 bits per heavy atom. The number of rotatable bonds is 5. The minimum absolute atomic E-state index is 0.458. The molecule has 0 aliphatic carbocycles. The van der Waals surface area contributed by atoms with Gasteiger partial charge in [-0.25, -0.2) is 14.6 Å². The number of aromatic nitrogens is 4. The van der Waals surface area contributed by atoms with Gasteiger partial charge in [0.2, 0.25) is 0 Å². The predicted octanol–water partition coefficient (Wildman–Crippen LogP) is 1.87. The number of methoxy groups -OCH3 is 1. The Balaban J connectivity index is 1.76. The fourth-order valence-electron chi connectivity index (χ4n) is 2.03. The highest BCUT2D eigenvalue weighted by Gasteiger charge is 2.09. The number of benzene rings is 1. The molecule has 0 spiro atoms. The van der Waals surface area contributed by atoms with Crippen LogP contribution in [-0.4, -0.2) is 26.9 Å². The van der Waals surface area contributed by atoms with E-state index in [9.17, 15) is 0 Å². The molecule has 2 aromatic heterocycles. The molecule has 7 heteroatoms. The Labute approximate surface area is 127 Å². The van der Waals surface area contributed by atoms with Gasteiger partial charge in [0.05, 0.1) is 7.11 Å². The lowest BCUT2D eigenvalue weighted by Crippen LogP contribution is -2.10. The van der Waals surface area contributed by atoms with Gasteiger partial charge in [0.1, 0.15) is 17.8 Å². The molecule has 0 fully saturated rings. The van der Waals surface area contributed by atoms with Crippen molar-refractivity contribution in [2.75, 3.05) is 18.2 Å². The fraction of sp³-hybridized carbons (Fsp3) is 0.133. The molecular formula is C15H16N6O. The Kier molecular flexibility index (Phi) is 3.86. The zero-order chi connectivity index (χ0) is 15.4. The van der Waals surface area contributed by atoms with Crippen molar-refractivity contribution in [2.24, 2.45) is 0 Å². The molecule has 0 aliphatic rings. The Bertz CT molecular complexity index is 739. The SMILES string of the molecule is COc1ccc(CNc2ncnc(-n3cccn3)c2N)cc1. The van der Waals surface area contributed by atoms with Crippen molar-refractivity contribution in [3.63, 3.8) is 0 Å². The number of nitrogens with one attached hydrogen (secondary N) is 1. The number of nitrogen functional groups attached to an aromatic ring is 1. The van der Waals surface area contributed by atoms with Crippen LogP contribution in [0.3, 0.4) is 0 Å². The van der Waals surface area contributed by atoms with E-state index < -0.39 is 0 Å². The van der Waals surface area contributed by atoms with E-state index in [0.29, 0.717) is 23.9 Å². The van der Waals surface area contributed by atoms with Gasteiger partial charge in [0.25, 0.3) is 0 Å². The van der Waals surface area contributed by atoms with Crippen molar-refractivity contribution < 1.29 is 4.74 Å². The summed E-state index contributed by atoms with van der Waals surface area (Å²) in [6.07, 6.45) is 4.92. The average molecular weight is 296 g/mol. The second-order valence-electron chi connectivity index (χ2n) is 4.61. The normalized spacial score (nSPS) is 10.4. The van der Waals surface area contributed by atoms with Crippen molar-refractivity contribution >= 4 is 11.5 Å². The van der Waals surface area contributed by atoms with Crippen molar-refractivity contribution in [1.82, 2.24) is 19.7 Å². The van der Waals surface area contributed by atoms with Gasteiger partial charge in [-0.05, 0) is 23.8 Å². The van der Waals surface area contributed by atoms with Gasteiger partial charge in [-0.2, -0.15) is 5.10 Å². The summed E-state index contributed by atoms with van der Waals surface area (Å²) in [5.41, 5.74) is 7.67. The Hall–Kier alpha value is -3.09. The van der Waals surface area contributed by atoms with E-state index in [-0.39, 0.29) is 0 Å². The first-order valence-corrected chi connectivity index (χ1v) is 6.75. The number of hydrogen-bond acceptors (Lipinski definition) is 6. The third-order valence-electron chi connectivity index (χ3n) is 3.20. The first-order valence-electron chi connectivity index (χ1n) is 6.75. The number of anilines is 2. The van der Waals surface area contributed by atoms with Gasteiger partial charge in [-0.15, -0.1) is 0 Å². The summed E-state index contributed by atoms with van der Waals surface area (Å²) in [6, 6.07) is 9.60. The zero-order valence-electron chi connectivity index (χ0n) is 12.1. The number of nitrogens with zero attached hydrogens (tertiary/aromatic N) is 4. The van der Waals surface area contributed by atoms with Crippen LogP contribution in [0.15, 0.2) is 49.1 Å². The molecule has 22 heavy (non-hydrogen) atoms. The lowest BCUT2D eigenvalue weighted by molar-refractivity contribution is 0.414. The number of hydrogen-bond donors (Lipinski definition) is 2. The third kappa shape index (κ3) is 2.83. The largest absolute Gasteiger partial charge is 0.497 e. The fourth-order valence-corrected chi connectivity index (χ4v) is 2.03. The highest BCUT2D eigenvalue weighted by atomic mass is 16.5. The molecule has 0 saturated heterocycles. The maximum atomic E-state index is 6.12. The van der Waals surface area contributed by atoms with Crippen molar-refractivity contribution in [2.45, 2.75) is 6.54 Å². The monoisotopic (exact) mass is 296 g/mol. The summed E-state index contributed by atoms with van der Waals surface area (Å²) in [4.78, 5) is 8.35. The van der Waals surface area contributed by atoms with Gasteiger partial charge >= 0.3 is 0 Å². The molecule has 1 aromatic carbocycles. The smallest absolute Gasteiger partial charge is 0.181 e. The molecule has 3 aromatic rings. The van der Waals surface area contributed by atoms with E-state index in [1.807, 2.05) is 30.3 Å². The first-order chi connectivity index (χ1) is 10.8. The first kappa shape index (κ1) is 13.9. The summed E-state index contributed by atoms with van der Waals surface area (Å²) < 4.78 is 6.74. The van der Waals surface area contributed by atoms with Crippen LogP contribution in [0.2, 0.25) is 0 Å². The molecule has 7 nitrogen and oxygen atoms in total. The van der Waals surface area contributed by atoms with Crippen LogP contribution >= 0.6 is 0 Å². The van der Waals surface area contributed by atoms with Gasteiger partial charge in [-0.1, -0.05) is 12.1 Å². The predicted molar refractivity (Wildman–Crippen MR) is 83.9 cm³/mol. The van der Waals surface area contributed by atoms with E-state index in [2.05, 4.69) is 20.4 Å². The molecule has 0 amide bonds. The molecule has 2 heterocycles. The molecule has 3 N–H and O–H groups in total. The topological polar surface area (TPSA) is 90.9 Å². The molecule has 0 aliphatic heterocycles. The van der Waals surface area contributed by atoms with Gasteiger partial charge in [0.15, 0.2) is 11.6 Å². The minimum atomic E-state index is 0.458. The molecule has 0 atom stereocenters. The van der Waals surface area contributed by atoms with E-state index in [1.165, 1.54) is 6.33 Å². The minimum Gasteiger partial charge on any atom is -0.497 e. The van der Waals surface area contributed by atoms with E-state index in [4.69, 9.17) is 10.5 Å². The van der Waals surface area contributed by atoms with Crippen molar-refractivity contribution in [3.05, 3.63) is 54.6 Å². The second kappa shape index (κ2) is 6.13. The summed E-state index contributed by atoms with van der Waals surface area (Å²) in [6.45, 7) is 0.601. The molecular weight excluding hydrogens is 280 g/mol. The van der Waals surface area contributed by atoms with Crippen LogP contribution in [0.25, 0.3) is 5.82 Å². The summed E-state index contributed by atoms with van der Waals surface area (Å²) >= 11 is 0. The van der Waals surface area contributed by atoms with E-state index >= 15 is 0 Å². The Morgan fingerprint density at radius 2 is 2.05 bits per heavy atom. The molecule has 3 rings (SSSR count). The zero-order valence-corrected chi connectivity index (χ0v) is 12.1. The highest BCUT2D eigenvalue weighted by molar-refractivity contribution is 5.68. The second-order valence-corrected chi connectivity index (χ2v) is 4.61. The van der Waals surface area contributed by atoms with Crippen LogP contribution in [0, 0.1) is 0 Å². The lowest BCUT2D eigenvalue weighted by Gasteiger charge is -2.11. The van der Waals surface area contributed by atoms with E-state index in [1.54, 1.807) is 24.2 Å². The molecule has 0 bridgehead atoms. The molecule has 112 valence electrons.